The van der Waals surface area contributed by atoms with Crippen molar-refractivity contribution in [1.29, 1.82) is 0 Å². The average Bonchev–Trinajstić information content (AvgIpc) is 3.93. The maximum absolute atomic E-state index is 12.4. The van der Waals surface area contributed by atoms with Crippen molar-refractivity contribution in [2.24, 2.45) is 0 Å². The maximum Gasteiger partial charge on any atom is 0.339 e. The number of nitrogens with one attached hydrogen (secondary N) is 1. The monoisotopic (exact) mass is 864 g/mol. The number of pyridine rings is 2. The number of aromatic nitrogens is 10. The second-order valence-electron chi connectivity index (χ2n) is 12.3. The standard InChI is InChI=1S/C20H12ClN5.C20H13N5O.CH4.Cl3OP/c21-20-24-18(14-7-9-22-10-8-14)17(19-25-23-12-26(19)20)16-6-5-13-3-1-2-4-15(13)11-16;26-20-23-18(14-7-9-21-10-8-14)17(19-24-22-12-25(19)20)16-6-5-13-3-1-2-4-15(13)11-16;;1-5(2,3)4/h1-12H;1-12H,(H,23,26);1H4;. The summed E-state index contributed by atoms with van der Waals surface area (Å²) in [5, 5.41) is 18.1. The molecule has 0 fully saturated rings. The fraction of sp³-hybridized carbons (Fsp3) is 0.0244. The van der Waals surface area contributed by atoms with Crippen LogP contribution in [0.25, 0.3) is 77.6 Å². The topological polar surface area (TPSA) is 149 Å². The summed E-state index contributed by atoms with van der Waals surface area (Å²) in [5.74, 6) is 0. The van der Waals surface area contributed by atoms with Gasteiger partial charge in [0.25, 0.3) is 0 Å². The van der Waals surface area contributed by atoms with E-state index in [1.165, 1.54) is 16.1 Å². The molecule has 0 saturated heterocycles. The molecule has 10 rings (SSSR count). The van der Waals surface area contributed by atoms with Crippen molar-refractivity contribution in [2.75, 3.05) is 0 Å². The number of fused-ring (bicyclic) bond motifs is 4. The Morgan fingerprint density at radius 1 is 0.569 bits per heavy atom. The van der Waals surface area contributed by atoms with Gasteiger partial charge >= 0.3 is 10.9 Å². The first kappa shape index (κ1) is 40.2. The van der Waals surface area contributed by atoms with Gasteiger partial charge in [0.1, 0.15) is 12.7 Å². The largest absolute Gasteiger partial charge is 0.339 e. The van der Waals surface area contributed by atoms with E-state index < -0.39 is 5.20 Å². The van der Waals surface area contributed by atoms with Crippen LogP contribution in [0.1, 0.15) is 7.43 Å². The zero-order chi connectivity index (χ0) is 39.5. The number of nitrogens with zero attached hydrogens (tertiary/aromatic N) is 9. The van der Waals surface area contributed by atoms with Gasteiger partial charge in [-0.05, 0) is 114 Å². The number of halogens is 4. The predicted octanol–water partition coefficient (Wildman–Crippen LogP) is 11.4. The van der Waals surface area contributed by atoms with Crippen LogP contribution in [-0.4, -0.2) is 49.1 Å². The summed E-state index contributed by atoms with van der Waals surface area (Å²) in [6, 6.07) is 36.5. The molecule has 12 nitrogen and oxygen atoms in total. The van der Waals surface area contributed by atoms with E-state index in [4.69, 9.17) is 11.6 Å². The zero-order valence-electron chi connectivity index (χ0n) is 29.2. The van der Waals surface area contributed by atoms with Crippen LogP contribution in [0.15, 0.2) is 151 Å². The molecule has 17 heteroatoms. The Hall–Kier alpha value is -6.01. The van der Waals surface area contributed by atoms with Crippen LogP contribution in [0.3, 0.4) is 0 Å². The fourth-order valence-electron chi connectivity index (χ4n) is 6.43. The molecule has 0 atom stereocenters. The molecule has 6 aromatic heterocycles. The summed E-state index contributed by atoms with van der Waals surface area (Å²) in [4.78, 5) is 28.2. The van der Waals surface area contributed by atoms with Crippen molar-refractivity contribution in [2.45, 2.75) is 7.43 Å². The Kier molecular flexibility index (Phi) is 11.9. The van der Waals surface area contributed by atoms with Crippen LogP contribution >= 0.6 is 50.5 Å². The van der Waals surface area contributed by atoms with Crippen molar-refractivity contribution in [3.05, 3.63) is 162 Å². The molecule has 0 spiro atoms. The van der Waals surface area contributed by atoms with Gasteiger partial charge in [-0.2, -0.15) is 0 Å². The van der Waals surface area contributed by atoms with Gasteiger partial charge in [-0.1, -0.05) is 80.2 Å². The maximum atomic E-state index is 12.4. The summed E-state index contributed by atoms with van der Waals surface area (Å²) in [7, 11) is 0. The van der Waals surface area contributed by atoms with Crippen LogP contribution in [0.2, 0.25) is 5.28 Å². The fourth-order valence-corrected chi connectivity index (χ4v) is 6.63. The van der Waals surface area contributed by atoms with Gasteiger partial charge in [-0.25, -0.2) is 14.2 Å². The third kappa shape index (κ3) is 8.62. The molecular weight excluding hydrogens is 837 g/mol. The van der Waals surface area contributed by atoms with Gasteiger partial charge in [-0.15, -0.1) is 20.4 Å². The molecule has 288 valence electrons. The van der Waals surface area contributed by atoms with E-state index >= 15 is 0 Å². The Morgan fingerprint density at radius 2 is 1.03 bits per heavy atom. The van der Waals surface area contributed by atoms with Crippen LogP contribution in [0.4, 0.5) is 0 Å². The molecule has 0 aliphatic heterocycles. The highest BCUT2D eigenvalue weighted by Crippen LogP contribution is 2.61. The molecule has 1 N–H and O–H groups in total. The summed E-state index contributed by atoms with van der Waals surface area (Å²) >= 11 is 20.2. The quantitative estimate of drug-likeness (QED) is 0.135. The minimum atomic E-state index is -3.22. The number of hydrogen-bond donors (Lipinski definition) is 1. The van der Waals surface area contributed by atoms with Crippen LogP contribution in [0.5, 0.6) is 0 Å². The second-order valence-corrected chi connectivity index (χ2v) is 19.3. The summed E-state index contributed by atoms with van der Waals surface area (Å²) in [6.45, 7) is 0. The number of H-pyrrole nitrogens is 1. The first-order valence-electron chi connectivity index (χ1n) is 17.0. The highest BCUT2D eigenvalue weighted by atomic mass is 36.0. The highest BCUT2D eigenvalue weighted by molar-refractivity contribution is 8.24. The number of aromatic amines is 1. The van der Waals surface area contributed by atoms with Crippen molar-refractivity contribution in [3.63, 3.8) is 0 Å². The van der Waals surface area contributed by atoms with Gasteiger partial charge in [0.05, 0.1) is 22.5 Å². The van der Waals surface area contributed by atoms with Gasteiger partial charge < -0.3 is 4.98 Å². The molecule has 6 heterocycles. The minimum Gasteiger partial charge on any atom is -0.306 e. The Labute approximate surface area is 349 Å². The normalized spacial score (nSPS) is 11.1. The minimum absolute atomic E-state index is 0. The molecule has 0 amide bonds. The lowest BCUT2D eigenvalue weighted by atomic mass is 9.98. The molecule has 10 aromatic rings. The van der Waals surface area contributed by atoms with E-state index in [1.54, 1.807) is 35.5 Å². The second kappa shape index (κ2) is 17.2. The lowest BCUT2D eigenvalue weighted by Crippen LogP contribution is -2.17. The molecule has 4 aromatic carbocycles. The van der Waals surface area contributed by atoms with E-state index in [2.05, 4.69) is 129 Å². The SMILES string of the molecule is C.Clc1nc(-c2ccncc2)c(-c2ccc3ccccc3c2)c2nncn12.O=P(Cl)(Cl)Cl.O=c1[nH]c(-c2ccncc2)c(-c2ccc3ccccc3c2)c2nncn12. The summed E-state index contributed by atoms with van der Waals surface area (Å²) in [5.41, 5.74) is 7.87. The van der Waals surface area contributed by atoms with Crippen LogP contribution in [-0.2, 0) is 4.57 Å². The van der Waals surface area contributed by atoms with E-state index in [0.29, 0.717) is 22.3 Å². The molecule has 58 heavy (non-hydrogen) atoms. The van der Waals surface area contributed by atoms with Crippen LogP contribution < -0.4 is 5.69 Å². The number of rotatable bonds is 4. The summed E-state index contributed by atoms with van der Waals surface area (Å²) < 4.78 is 12.6. The Balaban J connectivity index is 0.000000156. The van der Waals surface area contributed by atoms with Crippen LogP contribution in [0, 0.1) is 0 Å². The van der Waals surface area contributed by atoms with Crippen molar-refractivity contribution >= 4 is 83.4 Å². The first-order chi connectivity index (χ1) is 27.6. The molecule has 0 saturated carbocycles. The predicted molar refractivity (Wildman–Crippen MR) is 234 cm³/mol. The lowest BCUT2D eigenvalue weighted by Gasteiger charge is -2.12. The average molecular weight is 867 g/mol. The molecule has 0 aliphatic carbocycles. The third-order valence-electron chi connectivity index (χ3n) is 8.88. The Bertz CT molecular complexity index is 3150. The zero-order valence-corrected chi connectivity index (χ0v) is 33.1. The lowest BCUT2D eigenvalue weighted by molar-refractivity contribution is 0.600. The molecule has 0 radical (unpaired) electrons. The number of benzene rings is 4. The highest BCUT2D eigenvalue weighted by Gasteiger charge is 2.19. The van der Waals surface area contributed by atoms with Crippen molar-refractivity contribution in [3.8, 4) is 44.8 Å². The molecule has 0 bridgehead atoms. The number of hydrogen-bond acceptors (Lipinski definition) is 9. The van der Waals surface area contributed by atoms with Gasteiger partial charge in [0.15, 0.2) is 11.3 Å². The first-order valence-corrected chi connectivity index (χ1v) is 21.8. The van der Waals surface area contributed by atoms with E-state index in [0.717, 1.165) is 55.2 Å². The third-order valence-corrected chi connectivity index (χ3v) is 9.15. The smallest absolute Gasteiger partial charge is 0.306 e. The Morgan fingerprint density at radius 3 is 1.59 bits per heavy atom. The molecule has 0 aliphatic rings. The molecule has 0 unspecified atom stereocenters. The van der Waals surface area contributed by atoms with E-state index in [-0.39, 0.29) is 13.1 Å². The molecular formula is C41H29Cl4N10O2P. The van der Waals surface area contributed by atoms with Crippen molar-refractivity contribution < 1.29 is 4.57 Å². The summed E-state index contributed by atoms with van der Waals surface area (Å²) in [6.07, 6.45) is 9.88. The van der Waals surface area contributed by atoms with Gasteiger partial charge in [0.2, 0.25) is 5.28 Å². The van der Waals surface area contributed by atoms with Gasteiger partial charge in [-0.3, -0.25) is 18.9 Å². The van der Waals surface area contributed by atoms with E-state index in [9.17, 15) is 9.36 Å². The van der Waals surface area contributed by atoms with Gasteiger partial charge in [0, 0.05) is 35.9 Å². The van der Waals surface area contributed by atoms with Crippen molar-refractivity contribution in [1.82, 2.24) is 49.1 Å². The van der Waals surface area contributed by atoms with E-state index in [1.807, 2.05) is 54.6 Å².